The summed E-state index contributed by atoms with van der Waals surface area (Å²) in [6.07, 6.45) is 8.24. The first-order valence-corrected chi connectivity index (χ1v) is 9.09. The van der Waals surface area contributed by atoms with Gasteiger partial charge in [0.25, 0.3) is 5.91 Å². The lowest BCUT2D eigenvalue weighted by Gasteiger charge is -2.58. The van der Waals surface area contributed by atoms with E-state index in [4.69, 9.17) is 0 Å². The summed E-state index contributed by atoms with van der Waals surface area (Å²) in [6, 6.07) is 0.280. The van der Waals surface area contributed by atoms with Gasteiger partial charge >= 0.3 is 0 Å². The highest BCUT2D eigenvalue weighted by atomic mass is 16.3. The zero-order valence-corrected chi connectivity index (χ0v) is 14.2. The van der Waals surface area contributed by atoms with Gasteiger partial charge in [0.2, 0.25) is 0 Å². The molecule has 2 heterocycles. The molecule has 25 heavy (non-hydrogen) atoms. The summed E-state index contributed by atoms with van der Waals surface area (Å²) in [6.45, 7) is 0. The summed E-state index contributed by atoms with van der Waals surface area (Å²) in [5.41, 5.74) is 2.20. The Morgan fingerprint density at radius 1 is 1.28 bits per heavy atom. The van der Waals surface area contributed by atoms with Crippen molar-refractivity contribution < 1.29 is 9.90 Å². The molecule has 3 unspecified atom stereocenters. The first kappa shape index (κ1) is 15.1. The number of rotatable bonds is 3. The lowest BCUT2D eigenvalue weighted by Crippen LogP contribution is -2.59. The van der Waals surface area contributed by atoms with Crippen LogP contribution in [0.5, 0.6) is 0 Å². The topological polar surface area (TPSA) is 103 Å². The van der Waals surface area contributed by atoms with Gasteiger partial charge in [0.1, 0.15) is 5.52 Å². The molecule has 7 nitrogen and oxygen atoms in total. The largest absolute Gasteiger partial charge is 0.390 e. The maximum atomic E-state index is 12.3. The fourth-order valence-electron chi connectivity index (χ4n) is 5.73. The molecular weight excluding hydrogens is 318 g/mol. The predicted molar refractivity (Wildman–Crippen MR) is 93.2 cm³/mol. The van der Waals surface area contributed by atoms with Crippen molar-refractivity contribution in [3.05, 3.63) is 18.1 Å². The average Bonchev–Trinajstić information content (AvgIpc) is 3.04. The van der Waals surface area contributed by atoms with Gasteiger partial charge in [-0.25, -0.2) is 9.97 Å². The van der Waals surface area contributed by atoms with Crippen LogP contribution in [0.2, 0.25) is 0 Å². The first-order valence-electron chi connectivity index (χ1n) is 9.09. The minimum absolute atomic E-state index is 0.164. The number of aromatic amines is 1. The molecular formula is C18H23N5O2. The van der Waals surface area contributed by atoms with Crippen LogP contribution in [-0.4, -0.2) is 44.7 Å². The molecule has 0 radical (unpaired) electrons. The van der Waals surface area contributed by atoms with E-state index in [9.17, 15) is 9.90 Å². The summed E-state index contributed by atoms with van der Waals surface area (Å²) in [7, 11) is 1.62. The standard InChI is InChI=1S/C18H23N5O2/c1-19-17(24)12-7-20-16-15(21-8-22-16)14(12)23-13-10-2-9-3-11(13)6-18(25,4-9)5-10/h7-11,13,25H,2-6H2,1H3,(H,19,24)(H2,20,21,22,23)/t9?,10-,11+,13?,18?. The molecule has 7 heteroatoms. The van der Waals surface area contributed by atoms with Gasteiger partial charge in [-0.2, -0.15) is 0 Å². The van der Waals surface area contributed by atoms with E-state index >= 15 is 0 Å². The van der Waals surface area contributed by atoms with Crippen LogP contribution in [-0.2, 0) is 0 Å². The minimum atomic E-state index is -0.460. The molecule has 2 aromatic rings. The molecule has 4 bridgehead atoms. The molecule has 132 valence electrons. The van der Waals surface area contributed by atoms with Crippen LogP contribution in [0.15, 0.2) is 12.5 Å². The Hall–Kier alpha value is -2.15. The summed E-state index contributed by atoms with van der Waals surface area (Å²) in [5.74, 6) is 1.40. The number of imidazole rings is 1. The maximum absolute atomic E-state index is 12.3. The molecule has 4 fully saturated rings. The number of carbonyl (C=O) groups excluding carboxylic acids is 1. The highest BCUT2D eigenvalue weighted by Crippen LogP contribution is 2.56. The Morgan fingerprint density at radius 2 is 2.04 bits per heavy atom. The Morgan fingerprint density at radius 3 is 2.72 bits per heavy atom. The summed E-state index contributed by atoms with van der Waals surface area (Å²) >= 11 is 0. The number of hydrogen-bond donors (Lipinski definition) is 4. The van der Waals surface area contributed by atoms with Crippen LogP contribution >= 0.6 is 0 Å². The average molecular weight is 341 g/mol. The van der Waals surface area contributed by atoms with Crippen molar-refractivity contribution >= 4 is 22.8 Å². The van der Waals surface area contributed by atoms with Crippen molar-refractivity contribution in [2.75, 3.05) is 12.4 Å². The minimum Gasteiger partial charge on any atom is -0.390 e. The van der Waals surface area contributed by atoms with Crippen LogP contribution in [0.25, 0.3) is 11.2 Å². The number of aliphatic hydroxyl groups is 1. The van der Waals surface area contributed by atoms with Crippen molar-refractivity contribution in [3.63, 3.8) is 0 Å². The van der Waals surface area contributed by atoms with Gasteiger partial charge in [-0.1, -0.05) is 0 Å². The lowest BCUT2D eigenvalue weighted by atomic mass is 9.52. The molecule has 6 rings (SSSR count). The molecule has 2 aromatic heterocycles. The first-order chi connectivity index (χ1) is 12.1. The number of amides is 1. The molecule has 5 atom stereocenters. The highest BCUT2D eigenvalue weighted by Gasteiger charge is 2.54. The van der Waals surface area contributed by atoms with Crippen molar-refractivity contribution in [2.45, 2.75) is 43.7 Å². The molecule has 4 aliphatic carbocycles. The van der Waals surface area contributed by atoms with Crippen LogP contribution in [0, 0.1) is 17.8 Å². The number of fused-ring (bicyclic) bond motifs is 1. The third kappa shape index (κ3) is 2.25. The van der Waals surface area contributed by atoms with E-state index in [1.807, 2.05) is 0 Å². The van der Waals surface area contributed by atoms with Gasteiger partial charge in [0.15, 0.2) is 5.65 Å². The summed E-state index contributed by atoms with van der Waals surface area (Å²) < 4.78 is 0. The van der Waals surface area contributed by atoms with Crippen LogP contribution < -0.4 is 10.6 Å². The predicted octanol–water partition coefficient (Wildman–Crippen LogP) is 1.67. The van der Waals surface area contributed by atoms with Crippen LogP contribution in [0.4, 0.5) is 5.69 Å². The van der Waals surface area contributed by atoms with E-state index in [-0.39, 0.29) is 11.9 Å². The monoisotopic (exact) mass is 341 g/mol. The number of H-pyrrole nitrogens is 1. The van der Waals surface area contributed by atoms with E-state index in [0.717, 1.165) is 24.9 Å². The smallest absolute Gasteiger partial charge is 0.254 e. The molecule has 0 aliphatic heterocycles. The van der Waals surface area contributed by atoms with Crippen molar-refractivity contribution in [3.8, 4) is 0 Å². The van der Waals surface area contributed by atoms with Crippen LogP contribution in [0.1, 0.15) is 42.5 Å². The number of carbonyl (C=O) groups is 1. The third-order valence-electron chi connectivity index (χ3n) is 6.47. The number of nitrogens with one attached hydrogen (secondary N) is 3. The molecule has 0 spiro atoms. The number of pyridine rings is 1. The number of hydrogen-bond acceptors (Lipinski definition) is 5. The Kier molecular flexibility index (Phi) is 3.13. The van der Waals surface area contributed by atoms with Gasteiger partial charge in [-0.05, 0) is 49.9 Å². The SMILES string of the molecule is CNC(=O)c1cnc2[nH]cnc2c1NC1[C@@H]2CC3C[C@H]1CC(O)(C3)C2. The second kappa shape index (κ2) is 5.17. The lowest BCUT2D eigenvalue weighted by molar-refractivity contribution is -0.129. The molecule has 0 saturated heterocycles. The quantitative estimate of drug-likeness (QED) is 0.680. The second-order valence-electron chi connectivity index (χ2n) is 8.09. The molecule has 4 N–H and O–H groups in total. The third-order valence-corrected chi connectivity index (χ3v) is 6.47. The Balaban J connectivity index is 1.54. The summed E-state index contributed by atoms with van der Waals surface area (Å²) in [4.78, 5) is 24.0. The van der Waals surface area contributed by atoms with E-state index in [2.05, 4.69) is 25.6 Å². The molecule has 4 aliphatic rings. The number of nitrogens with zero attached hydrogens (tertiary/aromatic N) is 2. The van der Waals surface area contributed by atoms with Crippen molar-refractivity contribution in [1.29, 1.82) is 0 Å². The molecule has 0 aromatic carbocycles. The second-order valence-corrected chi connectivity index (χ2v) is 8.09. The van der Waals surface area contributed by atoms with Crippen molar-refractivity contribution in [2.24, 2.45) is 17.8 Å². The van der Waals surface area contributed by atoms with Gasteiger partial charge in [-0.3, -0.25) is 4.79 Å². The van der Waals surface area contributed by atoms with E-state index in [0.29, 0.717) is 34.5 Å². The number of aromatic nitrogens is 3. The van der Waals surface area contributed by atoms with Gasteiger partial charge in [-0.15, -0.1) is 0 Å². The van der Waals surface area contributed by atoms with Gasteiger partial charge < -0.3 is 20.7 Å². The maximum Gasteiger partial charge on any atom is 0.254 e. The van der Waals surface area contributed by atoms with E-state index in [1.165, 1.54) is 12.8 Å². The fraction of sp³-hybridized carbons (Fsp3) is 0.611. The van der Waals surface area contributed by atoms with E-state index < -0.39 is 5.60 Å². The van der Waals surface area contributed by atoms with Crippen molar-refractivity contribution in [1.82, 2.24) is 20.3 Å². The normalized spacial score (nSPS) is 35.9. The zero-order valence-electron chi connectivity index (χ0n) is 14.2. The highest BCUT2D eigenvalue weighted by molar-refractivity contribution is 6.05. The van der Waals surface area contributed by atoms with Gasteiger partial charge in [0.05, 0.1) is 23.2 Å². The molecule has 1 amide bonds. The molecule has 4 saturated carbocycles. The van der Waals surface area contributed by atoms with Gasteiger partial charge in [0, 0.05) is 19.3 Å². The fourth-order valence-corrected chi connectivity index (χ4v) is 5.73. The van der Waals surface area contributed by atoms with Crippen LogP contribution in [0.3, 0.4) is 0 Å². The summed E-state index contributed by atoms with van der Waals surface area (Å²) in [5, 5.41) is 17.1. The Labute approximate surface area is 145 Å². The Bertz CT molecular complexity index is 831. The zero-order chi connectivity index (χ0) is 17.2. The number of anilines is 1. The van der Waals surface area contributed by atoms with E-state index in [1.54, 1.807) is 19.6 Å².